The number of nitrogens with one attached hydrogen (secondary N) is 3. The number of pyridine rings is 1. The number of amides is 1. The van der Waals surface area contributed by atoms with E-state index in [2.05, 4.69) is 20.9 Å². The van der Waals surface area contributed by atoms with Crippen LogP contribution in [0.2, 0.25) is 10.0 Å². The van der Waals surface area contributed by atoms with Gasteiger partial charge in [0, 0.05) is 35.4 Å². The molecule has 0 fully saturated rings. The first-order valence-corrected chi connectivity index (χ1v) is 10.2. The quantitative estimate of drug-likeness (QED) is 0.532. The van der Waals surface area contributed by atoms with E-state index in [0.29, 0.717) is 16.5 Å². The molecular weight excluding hydrogens is 411 g/mol. The molecule has 0 bridgehead atoms. The predicted molar refractivity (Wildman–Crippen MR) is 117 cm³/mol. The fourth-order valence-electron chi connectivity index (χ4n) is 3.18. The van der Waals surface area contributed by atoms with Crippen molar-refractivity contribution in [3.63, 3.8) is 0 Å². The van der Waals surface area contributed by atoms with Gasteiger partial charge in [-0.3, -0.25) is 4.79 Å². The van der Waals surface area contributed by atoms with Crippen LogP contribution in [0.25, 0.3) is 5.57 Å². The van der Waals surface area contributed by atoms with Crippen LogP contribution < -0.4 is 16.0 Å². The summed E-state index contributed by atoms with van der Waals surface area (Å²) in [5.74, 6) is 0.524. The van der Waals surface area contributed by atoms with Gasteiger partial charge in [0.05, 0.1) is 17.7 Å². The fourth-order valence-corrected chi connectivity index (χ4v) is 3.61. The van der Waals surface area contributed by atoms with Crippen LogP contribution >= 0.6 is 23.2 Å². The van der Waals surface area contributed by atoms with Crippen LogP contribution in [-0.4, -0.2) is 34.7 Å². The molecule has 1 aliphatic rings. The average Bonchev–Trinajstić information content (AvgIpc) is 3.17. The third-order valence-corrected chi connectivity index (χ3v) is 5.12. The summed E-state index contributed by atoms with van der Waals surface area (Å²) in [5, 5.41) is 20.0. The Kier molecular flexibility index (Phi) is 7.00. The Balaban J connectivity index is 1.67. The van der Waals surface area contributed by atoms with E-state index in [-0.39, 0.29) is 18.6 Å². The largest absolute Gasteiger partial charge is 0.394 e. The summed E-state index contributed by atoms with van der Waals surface area (Å²) in [6.07, 6.45) is 3.89. The Morgan fingerprint density at radius 3 is 2.83 bits per heavy atom. The number of hydrogen-bond acceptors (Lipinski definition) is 5. The summed E-state index contributed by atoms with van der Waals surface area (Å²) in [6.45, 7) is 3.84. The van der Waals surface area contributed by atoms with Crippen LogP contribution in [0.1, 0.15) is 37.4 Å². The van der Waals surface area contributed by atoms with Crippen molar-refractivity contribution in [2.45, 2.75) is 38.4 Å². The average molecular weight is 435 g/mol. The van der Waals surface area contributed by atoms with E-state index in [0.717, 1.165) is 22.5 Å². The molecule has 8 heteroatoms. The first kappa shape index (κ1) is 21.4. The Morgan fingerprint density at radius 2 is 2.14 bits per heavy atom. The van der Waals surface area contributed by atoms with E-state index in [1.165, 1.54) is 0 Å². The smallest absolute Gasteiger partial charge is 0.243 e. The molecule has 2 unspecified atom stereocenters. The van der Waals surface area contributed by atoms with Crippen molar-refractivity contribution in [1.29, 1.82) is 0 Å². The Labute approximate surface area is 180 Å². The molecule has 0 spiro atoms. The minimum atomic E-state index is -0.529. The number of rotatable bonds is 7. The van der Waals surface area contributed by atoms with Gasteiger partial charge in [-0.25, -0.2) is 4.98 Å². The van der Waals surface area contributed by atoms with Crippen LogP contribution in [0.4, 0.5) is 5.82 Å². The summed E-state index contributed by atoms with van der Waals surface area (Å²) in [7, 11) is 0. The van der Waals surface area contributed by atoms with E-state index in [1.807, 2.05) is 26.0 Å². The van der Waals surface area contributed by atoms with Crippen LogP contribution in [0.3, 0.4) is 0 Å². The number of hydrogen-bond donors (Lipinski definition) is 4. The highest BCUT2D eigenvalue weighted by Crippen LogP contribution is 2.31. The molecule has 4 N–H and O–H groups in total. The highest BCUT2D eigenvalue weighted by atomic mass is 35.5. The molecule has 3 rings (SSSR count). The van der Waals surface area contributed by atoms with Crippen LogP contribution in [0.5, 0.6) is 0 Å². The SMILES string of the molecule is CC(C)Nc1cc(C2=CNC(C(=O)NC(CO)c3cccc(Cl)c3)C2)c(Cl)cn1. The zero-order chi connectivity index (χ0) is 21.0. The first-order chi connectivity index (χ1) is 13.9. The van der Waals surface area contributed by atoms with Crippen molar-refractivity contribution in [3.8, 4) is 0 Å². The summed E-state index contributed by atoms with van der Waals surface area (Å²) >= 11 is 12.4. The highest BCUT2D eigenvalue weighted by molar-refractivity contribution is 6.32. The van der Waals surface area contributed by atoms with Gasteiger partial charge in [-0.2, -0.15) is 0 Å². The number of anilines is 1. The maximum atomic E-state index is 12.7. The van der Waals surface area contributed by atoms with Gasteiger partial charge in [-0.1, -0.05) is 35.3 Å². The second kappa shape index (κ2) is 9.48. The van der Waals surface area contributed by atoms with Gasteiger partial charge in [0.25, 0.3) is 0 Å². The molecule has 29 heavy (non-hydrogen) atoms. The Morgan fingerprint density at radius 1 is 1.34 bits per heavy atom. The van der Waals surface area contributed by atoms with Crippen LogP contribution in [0.15, 0.2) is 42.7 Å². The van der Waals surface area contributed by atoms with E-state index in [9.17, 15) is 9.90 Å². The zero-order valence-electron chi connectivity index (χ0n) is 16.2. The summed E-state index contributed by atoms with van der Waals surface area (Å²) in [5.41, 5.74) is 2.51. The molecule has 2 atom stereocenters. The number of nitrogens with zero attached hydrogens (tertiary/aromatic N) is 1. The number of carbonyl (C=O) groups is 1. The molecule has 1 aromatic carbocycles. The molecule has 0 aliphatic carbocycles. The maximum absolute atomic E-state index is 12.7. The lowest BCUT2D eigenvalue weighted by Crippen LogP contribution is -2.42. The predicted octanol–water partition coefficient (Wildman–Crippen LogP) is 3.76. The van der Waals surface area contributed by atoms with Crippen molar-refractivity contribution in [2.75, 3.05) is 11.9 Å². The van der Waals surface area contributed by atoms with Crippen molar-refractivity contribution in [3.05, 3.63) is 63.9 Å². The van der Waals surface area contributed by atoms with Gasteiger partial charge >= 0.3 is 0 Å². The third kappa shape index (κ3) is 5.41. The normalized spacial score (nSPS) is 16.9. The minimum absolute atomic E-state index is 0.207. The number of carbonyl (C=O) groups excluding carboxylic acids is 1. The lowest BCUT2D eigenvalue weighted by molar-refractivity contribution is -0.123. The minimum Gasteiger partial charge on any atom is -0.394 e. The second-order valence-corrected chi connectivity index (χ2v) is 8.08. The molecule has 0 saturated heterocycles. The first-order valence-electron chi connectivity index (χ1n) is 9.41. The molecule has 1 aromatic heterocycles. The number of benzene rings is 1. The Hall–Kier alpha value is -2.28. The summed E-state index contributed by atoms with van der Waals surface area (Å²) in [6, 6.07) is 8.23. The van der Waals surface area contributed by atoms with Gasteiger partial charge in [0.15, 0.2) is 0 Å². The molecule has 6 nitrogen and oxygen atoms in total. The summed E-state index contributed by atoms with van der Waals surface area (Å²) in [4.78, 5) is 17.0. The third-order valence-electron chi connectivity index (χ3n) is 4.59. The number of aliphatic hydroxyl groups is 1. The second-order valence-electron chi connectivity index (χ2n) is 7.24. The van der Waals surface area contributed by atoms with Gasteiger partial charge < -0.3 is 21.1 Å². The van der Waals surface area contributed by atoms with Crippen molar-refractivity contribution >= 4 is 40.5 Å². The molecule has 1 aliphatic heterocycles. The molecule has 1 amide bonds. The van der Waals surface area contributed by atoms with Crippen molar-refractivity contribution in [1.82, 2.24) is 15.6 Å². The van der Waals surface area contributed by atoms with Crippen molar-refractivity contribution in [2.24, 2.45) is 0 Å². The number of halogens is 2. The summed E-state index contributed by atoms with van der Waals surface area (Å²) < 4.78 is 0. The van der Waals surface area contributed by atoms with E-state index in [4.69, 9.17) is 23.2 Å². The topological polar surface area (TPSA) is 86.3 Å². The molecule has 154 valence electrons. The number of aliphatic hydroxyl groups excluding tert-OH is 1. The fraction of sp³-hybridized carbons (Fsp3) is 0.333. The lowest BCUT2D eigenvalue weighted by atomic mass is 10.0. The van der Waals surface area contributed by atoms with Crippen molar-refractivity contribution < 1.29 is 9.90 Å². The van der Waals surface area contributed by atoms with E-state index >= 15 is 0 Å². The Bertz CT molecular complexity index is 917. The van der Waals surface area contributed by atoms with Gasteiger partial charge in [-0.05, 0) is 43.2 Å². The molecular formula is C21H24Cl2N4O2. The molecule has 2 aromatic rings. The highest BCUT2D eigenvalue weighted by Gasteiger charge is 2.27. The zero-order valence-corrected chi connectivity index (χ0v) is 17.8. The van der Waals surface area contributed by atoms with Crippen LogP contribution in [0, 0.1) is 0 Å². The van der Waals surface area contributed by atoms with Crippen LogP contribution in [-0.2, 0) is 4.79 Å². The van der Waals surface area contributed by atoms with Gasteiger partial charge in [-0.15, -0.1) is 0 Å². The lowest BCUT2D eigenvalue weighted by Gasteiger charge is -2.20. The van der Waals surface area contributed by atoms with Gasteiger partial charge in [0.1, 0.15) is 11.9 Å². The number of aromatic nitrogens is 1. The molecule has 0 saturated carbocycles. The standard InChI is InChI=1S/C21H24Cl2N4O2/c1-12(2)26-20-8-16(17(23)10-25-20)14-7-18(24-9-14)21(29)27-19(11-28)13-4-3-5-15(22)6-13/h3-6,8-10,12,18-19,24,28H,7,11H2,1-2H3,(H,25,26)(H,27,29). The van der Waals surface area contributed by atoms with E-state index in [1.54, 1.807) is 30.6 Å². The maximum Gasteiger partial charge on any atom is 0.243 e. The monoisotopic (exact) mass is 434 g/mol. The van der Waals surface area contributed by atoms with Gasteiger partial charge in [0.2, 0.25) is 5.91 Å². The molecule has 0 radical (unpaired) electrons. The molecule has 2 heterocycles. The van der Waals surface area contributed by atoms with E-state index < -0.39 is 12.1 Å².